The molecule has 0 aromatic rings. The SMILES string of the molecule is CC/C=C\C/C=C\C/C=C\C/C=C\C/C=C\C/C=C\C/C=C\CCCCCC(=O)OCC(COC(=O)CCCCCCCCCCCCCCCCCCCC)OC(=O)CC/C=C\C/C=C\C/C=C\C/C=C\C/C=C\C/C=C\CC. The van der Waals surface area contributed by atoms with Crippen LogP contribution in [-0.2, 0) is 28.6 Å². The molecule has 6 nitrogen and oxygen atoms in total. The van der Waals surface area contributed by atoms with Gasteiger partial charge in [0.25, 0.3) is 0 Å². The molecule has 0 heterocycles. The minimum atomic E-state index is -0.840. The normalized spacial score (nSPS) is 13.2. The number of carbonyl (C=O) groups excluding carboxylic acids is 3. The van der Waals surface area contributed by atoms with Crippen LogP contribution in [0.4, 0.5) is 0 Å². The van der Waals surface area contributed by atoms with Crippen LogP contribution in [0.25, 0.3) is 0 Å². The van der Waals surface area contributed by atoms with Gasteiger partial charge < -0.3 is 14.2 Å². The first-order chi connectivity index (χ1) is 39.5. The van der Waals surface area contributed by atoms with Crippen molar-refractivity contribution in [2.45, 2.75) is 277 Å². The van der Waals surface area contributed by atoms with Crippen molar-refractivity contribution in [3.8, 4) is 0 Å². The molecule has 0 aromatic carbocycles. The molecule has 1 atom stereocenters. The minimum absolute atomic E-state index is 0.123. The molecule has 0 spiro atoms. The quantitative estimate of drug-likeness (QED) is 0.0261. The number of hydrogen-bond acceptors (Lipinski definition) is 6. The van der Waals surface area contributed by atoms with Crippen LogP contribution < -0.4 is 0 Å². The summed E-state index contributed by atoms with van der Waals surface area (Å²) in [4.78, 5) is 38.3. The fraction of sp³-hybridized carbons (Fsp3) is 0.608. The highest BCUT2D eigenvalue weighted by Gasteiger charge is 2.19. The lowest BCUT2D eigenvalue weighted by Gasteiger charge is -2.18. The maximum Gasteiger partial charge on any atom is 0.306 e. The Hall–Kier alpha value is -4.97. The first-order valence-electron chi connectivity index (χ1n) is 32.5. The van der Waals surface area contributed by atoms with Crippen molar-refractivity contribution >= 4 is 17.9 Å². The molecular formula is C74H118O6. The topological polar surface area (TPSA) is 78.9 Å². The van der Waals surface area contributed by atoms with Crippen molar-refractivity contribution in [1.29, 1.82) is 0 Å². The Balaban J connectivity index is 4.56. The molecule has 1 unspecified atom stereocenters. The van der Waals surface area contributed by atoms with Crippen LogP contribution in [0, 0.1) is 0 Å². The van der Waals surface area contributed by atoms with Crippen molar-refractivity contribution in [1.82, 2.24) is 0 Å². The zero-order chi connectivity index (χ0) is 57.8. The molecule has 80 heavy (non-hydrogen) atoms. The molecule has 0 radical (unpaired) electrons. The fourth-order valence-electron chi connectivity index (χ4n) is 8.51. The molecule has 0 N–H and O–H groups in total. The van der Waals surface area contributed by atoms with E-state index in [1.165, 1.54) is 96.3 Å². The van der Waals surface area contributed by atoms with E-state index in [0.29, 0.717) is 19.3 Å². The maximum absolute atomic E-state index is 12.9. The molecule has 450 valence electrons. The first kappa shape index (κ1) is 75.0. The van der Waals surface area contributed by atoms with Gasteiger partial charge in [0.2, 0.25) is 0 Å². The summed E-state index contributed by atoms with van der Waals surface area (Å²) < 4.78 is 16.8. The Bertz CT molecular complexity index is 1790. The van der Waals surface area contributed by atoms with E-state index in [-0.39, 0.29) is 31.6 Å². The standard InChI is InChI=1S/C74H118O6/c1-4-7-10-13-16-19-22-25-28-31-34-35-36-37-38-39-41-43-46-49-52-55-58-61-64-67-73(76)79-70-71(69-78-72(75)66-63-60-57-54-51-48-45-42-33-30-27-24-21-18-15-12-9-6-3)80-74(77)68-65-62-59-56-53-50-47-44-40-32-29-26-23-20-17-14-11-8-5-2/h7-8,10-11,16-17,19-20,25-26,28-29,34-35,37-38,40-41,43-44,49-50,52-53,59,62,71H,4-6,9,12-15,18,21-24,27,30-33,36,39,42,45-48,51,54-58,60-61,63-70H2,1-3H3/b10-7-,11-8-,19-16-,20-17-,28-25-,29-26-,35-34-,38-37-,43-41-,44-40-,52-49-,53-50-,62-59-. The monoisotopic (exact) mass is 1100 g/mol. The smallest absolute Gasteiger partial charge is 0.306 e. The average molecular weight is 1100 g/mol. The number of hydrogen-bond donors (Lipinski definition) is 0. The first-order valence-corrected chi connectivity index (χ1v) is 32.5. The summed E-state index contributed by atoms with van der Waals surface area (Å²) in [5.41, 5.74) is 0. The molecular weight excluding hydrogens is 985 g/mol. The minimum Gasteiger partial charge on any atom is -0.462 e. The van der Waals surface area contributed by atoms with Gasteiger partial charge in [-0.2, -0.15) is 0 Å². The van der Waals surface area contributed by atoms with Crippen molar-refractivity contribution in [2.24, 2.45) is 0 Å². The van der Waals surface area contributed by atoms with Gasteiger partial charge in [-0.15, -0.1) is 0 Å². The number of allylic oxidation sites excluding steroid dienone is 26. The molecule has 0 rings (SSSR count). The zero-order valence-electron chi connectivity index (χ0n) is 51.5. The van der Waals surface area contributed by atoms with Crippen molar-refractivity contribution in [3.63, 3.8) is 0 Å². The van der Waals surface area contributed by atoms with Crippen LogP contribution >= 0.6 is 0 Å². The van der Waals surface area contributed by atoms with Gasteiger partial charge in [-0.3, -0.25) is 14.4 Å². The van der Waals surface area contributed by atoms with E-state index in [1.807, 2.05) is 12.2 Å². The van der Waals surface area contributed by atoms with Crippen LogP contribution in [0.2, 0.25) is 0 Å². The largest absolute Gasteiger partial charge is 0.462 e. The third-order valence-electron chi connectivity index (χ3n) is 13.3. The van der Waals surface area contributed by atoms with Gasteiger partial charge in [0.15, 0.2) is 6.10 Å². The van der Waals surface area contributed by atoms with Crippen molar-refractivity contribution < 1.29 is 28.6 Å². The molecule has 0 aliphatic carbocycles. The number of esters is 3. The van der Waals surface area contributed by atoms with Gasteiger partial charge in [0, 0.05) is 19.3 Å². The summed E-state index contributed by atoms with van der Waals surface area (Å²) >= 11 is 0. The van der Waals surface area contributed by atoms with E-state index in [2.05, 4.69) is 167 Å². The summed E-state index contributed by atoms with van der Waals surface area (Å²) in [6, 6.07) is 0. The summed E-state index contributed by atoms with van der Waals surface area (Å²) in [6.07, 6.45) is 96.9. The summed E-state index contributed by atoms with van der Waals surface area (Å²) in [6.45, 7) is 6.33. The van der Waals surface area contributed by atoms with Crippen LogP contribution in [0.3, 0.4) is 0 Å². The summed E-state index contributed by atoms with van der Waals surface area (Å²) in [5, 5.41) is 0. The van der Waals surface area contributed by atoms with Crippen LogP contribution in [0.1, 0.15) is 271 Å². The molecule has 0 saturated heterocycles. The Labute approximate surface area is 492 Å². The van der Waals surface area contributed by atoms with Crippen LogP contribution in [-0.4, -0.2) is 37.2 Å². The number of carbonyl (C=O) groups is 3. The van der Waals surface area contributed by atoms with Gasteiger partial charge in [-0.1, -0.05) is 294 Å². The highest BCUT2D eigenvalue weighted by Crippen LogP contribution is 2.16. The number of ether oxygens (including phenoxy) is 3. The van der Waals surface area contributed by atoms with E-state index in [9.17, 15) is 14.4 Å². The van der Waals surface area contributed by atoms with Gasteiger partial charge in [-0.25, -0.2) is 0 Å². The second-order valence-electron chi connectivity index (χ2n) is 20.9. The Kier molecular flexibility index (Phi) is 62.4. The maximum atomic E-state index is 12.9. The lowest BCUT2D eigenvalue weighted by Crippen LogP contribution is -2.30. The fourth-order valence-corrected chi connectivity index (χ4v) is 8.51. The molecule has 0 aromatic heterocycles. The number of rotatable bonds is 57. The third kappa shape index (κ3) is 63.9. The molecule has 6 heteroatoms. The van der Waals surface area contributed by atoms with E-state index >= 15 is 0 Å². The van der Waals surface area contributed by atoms with E-state index in [0.717, 1.165) is 128 Å². The van der Waals surface area contributed by atoms with Crippen LogP contribution in [0.15, 0.2) is 158 Å². The van der Waals surface area contributed by atoms with Gasteiger partial charge in [0.1, 0.15) is 13.2 Å². The van der Waals surface area contributed by atoms with E-state index in [1.54, 1.807) is 0 Å². The predicted molar refractivity (Wildman–Crippen MR) is 348 cm³/mol. The summed E-state index contributed by atoms with van der Waals surface area (Å²) in [5.74, 6) is -1.04. The van der Waals surface area contributed by atoms with Gasteiger partial charge in [-0.05, 0) is 116 Å². The Morgan fingerprint density at radius 1 is 0.263 bits per heavy atom. The molecule has 0 aliphatic rings. The Morgan fingerprint density at radius 3 is 0.812 bits per heavy atom. The van der Waals surface area contributed by atoms with E-state index < -0.39 is 12.1 Å². The van der Waals surface area contributed by atoms with Gasteiger partial charge in [0.05, 0.1) is 0 Å². The van der Waals surface area contributed by atoms with E-state index in [4.69, 9.17) is 14.2 Å². The molecule has 0 amide bonds. The van der Waals surface area contributed by atoms with Gasteiger partial charge >= 0.3 is 17.9 Å². The Morgan fingerprint density at radius 2 is 0.512 bits per heavy atom. The average Bonchev–Trinajstić information content (AvgIpc) is 3.46. The van der Waals surface area contributed by atoms with Crippen molar-refractivity contribution in [2.75, 3.05) is 13.2 Å². The second kappa shape index (κ2) is 66.5. The molecule has 0 aliphatic heterocycles. The van der Waals surface area contributed by atoms with Crippen molar-refractivity contribution in [3.05, 3.63) is 158 Å². The molecule has 0 saturated carbocycles. The number of unbranched alkanes of at least 4 members (excludes halogenated alkanes) is 20. The lowest BCUT2D eigenvalue weighted by atomic mass is 10.0. The molecule has 0 bridgehead atoms. The zero-order valence-corrected chi connectivity index (χ0v) is 51.5. The molecule has 0 fully saturated rings. The predicted octanol–water partition coefficient (Wildman–Crippen LogP) is 22.5. The highest BCUT2D eigenvalue weighted by molar-refractivity contribution is 5.71. The highest BCUT2D eigenvalue weighted by atomic mass is 16.6. The second-order valence-corrected chi connectivity index (χ2v) is 20.9. The van der Waals surface area contributed by atoms with Crippen LogP contribution in [0.5, 0.6) is 0 Å². The summed E-state index contributed by atoms with van der Waals surface area (Å²) in [7, 11) is 0. The third-order valence-corrected chi connectivity index (χ3v) is 13.3. The lowest BCUT2D eigenvalue weighted by molar-refractivity contribution is -0.166.